The second-order valence-corrected chi connectivity index (χ2v) is 9.73. The number of anilines is 2. The number of carbonyl (C=O) groups is 1. The summed E-state index contributed by atoms with van der Waals surface area (Å²) in [5, 5.41) is 2.75. The summed E-state index contributed by atoms with van der Waals surface area (Å²) in [6.07, 6.45) is 9.39. The summed E-state index contributed by atoms with van der Waals surface area (Å²) < 4.78 is 6.38. The van der Waals surface area contributed by atoms with Gasteiger partial charge < -0.3 is 9.64 Å². The predicted octanol–water partition coefficient (Wildman–Crippen LogP) is 7.39. The van der Waals surface area contributed by atoms with Crippen LogP contribution in [0.3, 0.4) is 0 Å². The number of carbonyl (C=O) groups excluding carboxylic acids is 1. The molecule has 3 aromatic carbocycles. The molecule has 0 spiro atoms. The standard InChI is InChI=1S/C31H33N3O2S/c1-3-5-6-7-13-22-33-30(35)27(34(31(33)37)24-15-9-8-10-16-24)20-21-28-32(4-2)26-19-18-23-14-11-12-17-25(23)29(26)36-28/h8-12,14-21H,3-7,13,22H2,1-2H3/b27-20+,28-21+. The lowest BCUT2D eigenvalue weighted by Crippen LogP contribution is -2.33. The van der Waals surface area contributed by atoms with Gasteiger partial charge in [0, 0.05) is 30.2 Å². The average Bonchev–Trinajstić information content (AvgIpc) is 3.41. The molecule has 1 saturated heterocycles. The molecule has 0 atom stereocenters. The summed E-state index contributed by atoms with van der Waals surface area (Å²) in [6.45, 7) is 5.69. The van der Waals surface area contributed by atoms with Crippen molar-refractivity contribution in [3.63, 3.8) is 0 Å². The first kappa shape index (κ1) is 25.0. The first-order valence-corrected chi connectivity index (χ1v) is 13.6. The largest absolute Gasteiger partial charge is 0.438 e. The lowest BCUT2D eigenvalue weighted by molar-refractivity contribution is -0.122. The van der Waals surface area contributed by atoms with E-state index in [0.717, 1.165) is 47.3 Å². The fraction of sp³-hybridized carbons (Fsp3) is 0.290. The van der Waals surface area contributed by atoms with Crippen LogP contribution >= 0.6 is 12.2 Å². The van der Waals surface area contributed by atoms with E-state index in [1.165, 1.54) is 19.3 Å². The molecule has 0 unspecified atom stereocenters. The van der Waals surface area contributed by atoms with Crippen LogP contribution < -0.4 is 14.5 Å². The van der Waals surface area contributed by atoms with Crippen molar-refractivity contribution in [3.05, 3.63) is 90.5 Å². The number of hydrogen-bond acceptors (Lipinski definition) is 4. The number of rotatable bonds is 9. The Balaban J connectivity index is 1.47. The monoisotopic (exact) mass is 511 g/mol. The van der Waals surface area contributed by atoms with Crippen molar-refractivity contribution < 1.29 is 9.53 Å². The molecule has 3 aromatic rings. The zero-order valence-corrected chi connectivity index (χ0v) is 22.3. The fourth-order valence-corrected chi connectivity index (χ4v) is 5.40. The summed E-state index contributed by atoms with van der Waals surface area (Å²) >= 11 is 5.83. The van der Waals surface area contributed by atoms with E-state index in [4.69, 9.17) is 17.0 Å². The Morgan fingerprint density at radius 2 is 1.59 bits per heavy atom. The number of unbranched alkanes of at least 4 members (excludes halogenated alkanes) is 4. The Labute approximate surface area is 224 Å². The van der Waals surface area contributed by atoms with Gasteiger partial charge in [0.05, 0.1) is 5.69 Å². The van der Waals surface area contributed by atoms with Crippen LogP contribution in [0.25, 0.3) is 10.8 Å². The molecule has 0 aromatic heterocycles. The second-order valence-electron chi connectivity index (χ2n) is 9.36. The van der Waals surface area contributed by atoms with E-state index in [1.807, 2.05) is 59.5 Å². The Hall–Kier alpha value is -3.64. The summed E-state index contributed by atoms with van der Waals surface area (Å²) in [5.41, 5.74) is 2.46. The van der Waals surface area contributed by atoms with Crippen molar-refractivity contribution >= 4 is 45.4 Å². The number of ether oxygens (including phenoxy) is 1. The molecule has 1 fully saturated rings. The van der Waals surface area contributed by atoms with Crippen LogP contribution in [-0.4, -0.2) is 29.0 Å². The number of allylic oxidation sites excluding steroid dienone is 2. The second kappa shape index (κ2) is 11.2. The van der Waals surface area contributed by atoms with Crippen LogP contribution in [0.2, 0.25) is 0 Å². The molecule has 0 radical (unpaired) electrons. The average molecular weight is 512 g/mol. The van der Waals surface area contributed by atoms with Crippen molar-refractivity contribution in [2.75, 3.05) is 22.9 Å². The molecule has 0 bridgehead atoms. The van der Waals surface area contributed by atoms with Crippen LogP contribution in [0.5, 0.6) is 5.75 Å². The minimum Gasteiger partial charge on any atom is -0.438 e. The van der Waals surface area contributed by atoms with E-state index >= 15 is 0 Å². The maximum absolute atomic E-state index is 13.6. The first-order chi connectivity index (χ1) is 18.1. The smallest absolute Gasteiger partial charge is 0.277 e. The summed E-state index contributed by atoms with van der Waals surface area (Å²) in [4.78, 5) is 19.4. The number of hydrogen-bond donors (Lipinski definition) is 0. The molecule has 5 nitrogen and oxygen atoms in total. The van der Waals surface area contributed by atoms with Gasteiger partial charge in [-0.25, -0.2) is 0 Å². The lowest BCUT2D eigenvalue weighted by Gasteiger charge is -2.20. The number of amides is 1. The third-order valence-electron chi connectivity index (χ3n) is 6.95. The van der Waals surface area contributed by atoms with Gasteiger partial charge in [0.2, 0.25) is 5.88 Å². The van der Waals surface area contributed by atoms with Gasteiger partial charge >= 0.3 is 0 Å². The normalized spacial score (nSPS) is 17.4. The Bertz CT molecular complexity index is 1370. The Morgan fingerprint density at radius 1 is 0.838 bits per heavy atom. The molecular formula is C31H33N3O2S. The summed E-state index contributed by atoms with van der Waals surface area (Å²) in [5.74, 6) is 1.49. The number of nitrogens with zero attached hydrogens (tertiary/aromatic N) is 3. The number of thiocarbonyl (C=S) groups is 1. The van der Waals surface area contributed by atoms with Crippen molar-refractivity contribution in [1.82, 2.24) is 4.90 Å². The van der Waals surface area contributed by atoms with Gasteiger partial charge in [-0.05, 0) is 55.2 Å². The van der Waals surface area contributed by atoms with Crippen molar-refractivity contribution in [2.45, 2.75) is 46.0 Å². The van der Waals surface area contributed by atoms with Gasteiger partial charge in [0.1, 0.15) is 5.70 Å². The minimum atomic E-state index is -0.0646. The maximum Gasteiger partial charge on any atom is 0.277 e. The quantitative estimate of drug-likeness (QED) is 0.170. The Morgan fingerprint density at radius 3 is 2.38 bits per heavy atom. The summed E-state index contributed by atoms with van der Waals surface area (Å²) in [6, 6.07) is 22.3. The highest BCUT2D eigenvalue weighted by Gasteiger charge is 2.38. The zero-order valence-electron chi connectivity index (χ0n) is 21.5. The highest BCUT2D eigenvalue weighted by atomic mass is 32.1. The molecule has 2 heterocycles. The zero-order chi connectivity index (χ0) is 25.8. The van der Waals surface area contributed by atoms with Gasteiger partial charge in [-0.2, -0.15) is 0 Å². The van der Waals surface area contributed by atoms with Gasteiger partial charge in [-0.15, -0.1) is 0 Å². The molecule has 0 aliphatic carbocycles. The van der Waals surface area contributed by atoms with Gasteiger partial charge in [-0.3, -0.25) is 14.6 Å². The molecule has 6 heteroatoms. The van der Waals surface area contributed by atoms with E-state index in [0.29, 0.717) is 23.2 Å². The third kappa shape index (κ3) is 4.86. The van der Waals surface area contributed by atoms with E-state index in [9.17, 15) is 4.79 Å². The molecule has 0 N–H and O–H groups in total. The molecular weight excluding hydrogens is 478 g/mol. The van der Waals surface area contributed by atoms with Crippen LogP contribution in [0.15, 0.2) is 90.5 Å². The molecule has 37 heavy (non-hydrogen) atoms. The van der Waals surface area contributed by atoms with Crippen molar-refractivity contribution in [2.24, 2.45) is 0 Å². The van der Waals surface area contributed by atoms with E-state index in [1.54, 1.807) is 4.90 Å². The third-order valence-corrected chi connectivity index (χ3v) is 7.35. The highest BCUT2D eigenvalue weighted by molar-refractivity contribution is 7.80. The number of benzene rings is 3. The molecule has 2 aliphatic heterocycles. The number of para-hydroxylation sites is 1. The van der Waals surface area contributed by atoms with Crippen LogP contribution in [0.4, 0.5) is 11.4 Å². The Kier molecular flexibility index (Phi) is 7.56. The van der Waals surface area contributed by atoms with Gasteiger partial charge in [0.25, 0.3) is 5.91 Å². The van der Waals surface area contributed by atoms with Crippen molar-refractivity contribution in [1.29, 1.82) is 0 Å². The molecule has 0 saturated carbocycles. The highest BCUT2D eigenvalue weighted by Crippen LogP contribution is 2.44. The SMILES string of the molecule is CCCCCCCN1C(=O)/C(=C\C=C2\Oc3c(ccc4ccccc34)N2CC)N(c2ccccc2)C1=S. The van der Waals surface area contributed by atoms with Crippen LogP contribution in [0.1, 0.15) is 46.0 Å². The summed E-state index contributed by atoms with van der Waals surface area (Å²) in [7, 11) is 0. The maximum atomic E-state index is 13.6. The molecule has 190 valence electrons. The van der Waals surface area contributed by atoms with Crippen LogP contribution in [-0.2, 0) is 4.79 Å². The van der Waals surface area contributed by atoms with E-state index in [2.05, 4.69) is 43.0 Å². The van der Waals surface area contributed by atoms with Crippen molar-refractivity contribution in [3.8, 4) is 5.75 Å². The predicted molar refractivity (Wildman–Crippen MR) is 156 cm³/mol. The van der Waals surface area contributed by atoms with Gasteiger partial charge in [-0.1, -0.05) is 81.1 Å². The molecule has 2 aliphatic rings. The first-order valence-electron chi connectivity index (χ1n) is 13.2. The fourth-order valence-electron chi connectivity index (χ4n) is 5.02. The topological polar surface area (TPSA) is 36.0 Å². The molecule has 1 amide bonds. The van der Waals surface area contributed by atoms with E-state index in [-0.39, 0.29) is 5.91 Å². The minimum absolute atomic E-state index is 0.0646. The van der Waals surface area contributed by atoms with E-state index < -0.39 is 0 Å². The number of fused-ring (bicyclic) bond motifs is 3. The van der Waals surface area contributed by atoms with Gasteiger partial charge in [0.15, 0.2) is 10.9 Å². The lowest BCUT2D eigenvalue weighted by atomic mass is 10.1. The molecule has 5 rings (SSSR count). The van der Waals surface area contributed by atoms with Crippen LogP contribution in [0, 0.1) is 0 Å².